The molecule has 0 saturated carbocycles. The summed E-state index contributed by atoms with van der Waals surface area (Å²) in [5, 5.41) is 0. The van der Waals surface area contributed by atoms with Crippen molar-refractivity contribution in [2.45, 2.75) is 10.4 Å². The van der Waals surface area contributed by atoms with Gasteiger partial charge in [-0.3, -0.25) is 4.72 Å². The van der Waals surface area contributed by atoms with Crippen molar-refractivity contribution in [1.29, 1.82) is 0 Å². The lowest BCUT2D eigenvalue weighted by Crippen LogP contribution is -2.09. The van der Waals surface area contributed by atoms with Gasteiger partial charge in [-0.2, -0.15) is 13.2 Å². The maximum atomic E-state index is 12.0. The second-order valence-electron chi connectivity index (χ2n) is 2.95. The Morgan fingerprint density at radius 3 is 2.06 bits per heavy atom. The quantitative estimate of drug-likeness (QED) is 0.860. The van der Waals surface area contributed by atoms with Crippen LogP contribution >= 0.6 is 11.8 Å². The molecule has 8 heteroatoms. The van der Waals surface area contributed by atoms with Crippen LogP contribution in [0.2, 0.25) is 0 Å². The summed E-state index contributed by atoms with van der Waals surface area (Å²) in [6.07, 6.45) is 0.964. The average molecular weight is 271 g/mol. The maximum absolute atomic E-state index is 12.0. The van der Waals surface area contributed by atoms with Gasteiger partial charge in [0.1, 0.15) is 0 Å². The number of thioether (sulfide) groups is 1. The molecule has 0 atom stereocenters. The number of rotatable bonds is 3. The molecule has 3 nitrogen and oxygen atoms in total. The van der Waals surface area contributed by atoms with E-state index >= 15 is 0 Å². The summed E-state index contributed by atoms with van der Waals surface area (Å²) in [7, 11) is -3.40. The SMILES string of the molecule is CS(=O)(=O)Nc1ccc(SC(F)(F)F)cc1. The van der Waals surface area contributed by atoms with Gasteiger partial charge in [-0.1, -0.05) is 0 Å². The molecule has 0 unspecified atom stereocenters. The molecule has 0 aliphatic carbocycles. The van der Waals surface area contributed by atoms with Crippen LogP contribution in [0.15, 0.2) is 29.2 Å². The summed E-state index contributed by atoms with van der Waals surface area (Å²) < 4.78 is 59.7. The molecule has 1 aromatic carbocycles. The molecule has 0 heterocycles. The highest BCUT2D eigenvalue weighted by Gasteiger charge is 2.28. The number of anilines is 1. The maximum Gasteiger partial charge on any atom is 0.446 e. The van der Waals surface area contributed by atoms with Gasteiger partial charge in [0.15, 0.2) is 0 Å². The second kappa shape index (κ2) is 4.54. The summed E-state index contributed by atoms with van der Waals surface area (Å²) in [6, 6.07) is 4.95. The van der Waals surface area contributed by atoms with Crippen molar-refractivity contribution < 1.29 is 21.6 Å². The van der Waals surface area contributed by atoms with Gasteiger partial charge in [0.25, 0.3) is 0 Å². The number of hydrogen-bond acceptors (Lipinski definition) is 3. The molecule has 1 N–H and O–H groups in total. The van der Waals surface area contributed by atoms with Crippen molar-refractivity contribution in [1.82, 2.24) is 0 Å². The van der Waals surface area contributed by atoms with Gasteiger partial charge < -0.3 is 0 Å². The first-order valence-electron chi connectivity index (χ1n) is 3.99. The van der Waals surface area contributed by atoms with Crippen molar-refractivity contribution in [2.75, 3.05) is 11.0 Å². The van der Waals surface area contributed by atoms with Gasteiger partial charge in [-0.15, -0.1) is 0 Å². The summed E-state index contributed by atoms with van der Waals surface area (Å²) in [5.41, 5.74) is -4.11. The first-order valence-corrected chi connectivity index (χ1v) is 6.70. The van der Waals surface area contributed by atoms with Crippen LogP contribution in [-0.2, 0) is 10.0 Å². The zero-order valence-corrected chi connectivity index (χ0v) is 9.71. The number of alkyl halides is 3. The van der Waals surface area contributed by atoms with E-state index in [1.807, 2.05) is 0 Å². The fourth-order valence-electron chi connectivity index (χ4n) is 0.939. The Labute approximate surface area is 95.1 Å². The zero-order chi connectivity index (χ0) is 12.4. The summed E-state index contributed by atoms with van der Waals surface area (Å²) in [6.45, 7) is 0. The standard InChI is InChI=1S/C8H8F3NO2S2/c1-16(13,14)12-6-2-4-7(5-3-6)15-8(9,10)11/h2-5,12H,1H3. The highest BCUT2D eigenvalue weighted by atomic mass is 32.2. The molecule has 0 amide bonds. The molecule has 0 aliphatic heterocycles. The van der Waals surface area contributed by atoms with E-state index in [1.54, 1.807) is 0 Å². The fourth-order valence-corrected chi connectivity index (χ4v) is 2.04. The molecule has 90 valence electrons. The molecular weight excluding hydrogens is 263 g/mol. The van der Waals surface area contributed by atoms with Crippen LogP contribution in [0.3, 0.4) is 0 Å². The molecule has 0 spiro atoms. The van der Waals surface area contributed by atoms with Crippen molar-refractivity contribution in [3.63, 3.8) is 0 Å². The smallest absolute Gasteiger partial charge is 0.284 e. The molecule has 16 heavy (non-hydrogen) atoms. The van der Waals surface area contributed by atoms with E-state index in [-0.39, 0.29) is 22.3 Å². The van der Waals surface area contributed by atoms with Crippen LogP contribution in [0.1, 0.15) is 0 Å². The third-order valence-corrected chi connectivity index (χ3v) is 2.74. The first-order chi connectivity index (χ1) is 7.16. The molecule has 0 aliphatic rings. The minimum atomic E-state index is -4.34. The minimum absolute atomic E-state index is 0.00607. The second-order valence-corrected chi connectivity index (χ2v) is 5.83. The number of benzene rings is 1. The molecular formula is C8H8F3NO2S2. The molecule has 0 bridgehead atoms. The van der Waals surface area contributed by atoms with E-state index in [4.69, 9.17) is 0 Å². The lowest BCUT2D eigenvalue weighted by molar-refractivity contribution is -0.0328. The Balaban J connectivity index is 2.76. The summed E-state index contributed by atoms with van der Waals surface area (Å²) in [5.74, 6) is 0. The molecule has 0 fully saturated rings. The first kappa shape index (κ1) is 13.2. The van der Waals surface area contributed by atoms with Crippen molar-refractivity contribution in [3.8, 4) is 0 Å². The number of halogens is 3. The third-order valence-electron chi connectivity index (χ3n) is 1.39. The normalized spacial score (nSPS) is 12.5. The number of sulfonamides is 1. The Morgan fingerprint density at radius 2 is 1.69 bits per heavy atom. The summed E-state index contributed by atoms with van der Waals surface area (Å²) >= 11 is -0.250. The van der Waals surface area contributed by atoms with Gasteiger partial charge in [-0.05, 0) is 36.0 Å². The average Bonchev–Trinajstić information content (AvgIpc) is 2.03. The third kappa shape index (κ3) is 5.26. The Morgan fingerprint density at radius 1 is 1.19 bits per heavy atom. The predicted octanol–water partition coefficient (Wildman–Crippen LogP) is 2.67. The lowest BCUT2D eigenvalue weighted by Gasteiger charge is -2.07. The molecule has 0 aromatic heterocycles. The van der Waals surface area contributed by atoms with E-state index in [0.717, 1.165) is 6.26 Å². The molecule has 0 radical (unpaired) electrons. The highest BCUT2D eigenvalue weighted by molar-refractivity contribution is 8.00. The minimum Gasteiger partial charge on any atom is -0.284 e. The van der Waals surface area contributed by atoms with Crippen LogP contribution in [0, 0.1) is 0 Å². The Bertz CT molecular complexity index is 453. The van der Waals surface area contributed by atoms with Crippen LogP contribution in [0.5, 0.6) is 0 Å². The van der Waals surface area contributed by atoms with Crippen LogP contribution in [0.4, 0.5) is 18.9 Å². The number of hydrogen-bond donors (Lipinski definition) is 1. The monoisotopic (exact) mass is 271 g/mol. The fraction of sp³-hybridized carbons (Fsp3) is 0.250. The predicted molar refractivity (Wildman–Crippen MR) is 56.8 cm³/mol. The number of nitrogens with one attached hydrogen (secondary N) is 1. The van der Waals surface area contributed by atoms with Crippen molar-refractivity contribution in [2.24, 2.45) is 0 Å². The van der Waals surface area contributed by atoms with E-state index in [1.165, 1.54) is 24.3 Å². The van der Waals surface area contributed by atoms with E-state index in [2.05, 4.69) is 4.72 Å². The van der Waals surface area contributed by atoms with E-state index < -0.39 is 15.5 Å². The topological polar surface area (TPSA) is 46.2 Å². The summed E-state index contributed by atoms with van der Waals surface area (Å²) in [4.78, 5) is 0.00607. The highest BCUT2D eigenvalue weighted by Crippen LogP contribution is 2.37. The van der Waals surface area contributed by atoms with E-state index in [9.17, 15) is 21.6 Å². The van der Waals surface area contributed by atoms with Gasteiger partial charge in [0.05, 0.1) is 6.26 Å². The van der Waals surface area contributed by atoms with E-state index in [0.29, 0.717) is 0 Å². The Kier molecular flexibility index (Phi) is 3.74. The largest absolute Gasteiger partial charge is 0.446 e. The molecule has 1 aromatic rings. The van der Waals surface area contributed by atoms with Crippen molar-refractivity contribution >= 4 is 27.5 Å². The molecule has 0 saturated heterocycles. The van der Waals surface area contributed by atoms with Crippen LogP contribution in [0.25, 0.3) is 0 Å². The molecule has 1 rings (SSSR count). The zero-order valence-electron chi connectivity index (χ0n) is 8.08. The van der Waals surface area contributed by atoms with Gasteiger partial charge in [0, 0.05) is 10.6 Å². The van der Waals surface area contributed by atoms with Crippen LogP contribution < -0.4 is 4.72 Å². The van der Waals surface area contributed by atoms with Crippen LogP contribution in [-0.4, -0.2) is 20.2 Å². The van der Waals surface area contributed by atoms with Gasteiger partial charge >= 0.3 is 5.51 Å². The van der Waals surface area contributed by atoms with Gasteiger partial charge in [0.2, 0.25) is 10.0 Å². The van der Waals surface area contributed by atoms with Crippen molar-refractivity contribution in [3.05, 3.63) is 24.3 Å². The Hall–Kier alpha value is -0.890. The lowest BCUT2D eigenvalue weighted by atomic mass is 10.3. The van der Waals surface area contributed by atoms with Gasteiger partial charge in [-0.25, -0.2) is 8.42 Å².